The van der Waals surface area contributed by atoms with Crippen molar-refractivity contribution in [2.45, 2.75) is 35.9 Å². The molecule has 0 aromatic carbocycles. The van der Waals surface area contributed by atoms with Crippen molar-refractivity contribution in [1.82, 2.24) is 4.98 Å². The largest absolute Gasteiger partial charge is 0.326 e. The molecular weight excluding hydrogens is 268 g/mol. The molecule has 0 amide bonds. The van der Waals surface area contributed by atoms with E-state index in [2.05, 4.69) is 34.8 Å². The van der Waals surface area contributed by atoms with E-state index < -0.39 is 0 Å². The van der Waals surface area contributed by atoms with Gasteiger partial charge in [0.05, 0.1) is 5.25 Å². The van der Waals surface area contributed by atoms with Crippen LogP contribution < -0.4 is 5.73 Å². The van der Waals surface area contributed by atoms with Crippen LogP contribution in [0.1, 0.15) is 29.2 Å². The van der Waals surface area contributed by atoms with Crippen LogP contribution in [0.15, 0.2) is 27.2 Å². The minimum absolute atomic E-state index is 0.183. The molecule has 0 saturated heterocycles. The summed E-state index contributed by atoms with van der Waals surface area (Å²) in [6.07, 6.45) is 0.986. The van der Waals surface area contributed by atoms with Crippen molar-refractivity contribution < 1.29 is 0 Å². The number of rotatable bonds is 5. The molecule has 2 N–H and O–H groups in total. The van der Waals surface area contributed by atoms with Crippen molar-refractivity contribution in [3.8, 4) is 0 Å². The van der Waals surface area contributed by atoms with Crippen LogP contribution in [0.3, 0.4) is 0 Å². The zero-order valence-electron chi connectivity index (χ0n) is 9.92. The Balaban J connectivity index is 2.17. The predicted octanol–water partition coefficient (Wildman–Crippen LogP) is 4.08. The number of hydrogen-bond donors (Lipinski definition) is 1. The molecule has 2 unspecified atom stereocenters. The fourth-order valence-electron chi connectivity index (χ4n) is 1.52. The Bertz CT molecular complexity index is 450. The van der Waals surface area contributed by atoms with Crippen LogP contribution in [0.2, 0.25) is 0 Å². The van der Waals surface area contributed by atoms with Crippen LogP contribution in [-0.2, 0) is 0 Å². The molecule has 2 aromatic heterocycles. The average molecular weight is 284 g/mol. The van der Waals surface area contributed by atoms with Crippen molar-refractivity contribution in [3.63, 3.8) is 0 Å². The normalized spacial score (nSPS) is 14.8. The summed E-state index contributed by atoms with van der Waals surface area (Å²) in [6, 6.07) is 4.43. The van der Waals surface area contributed by atoms with Crippen LogP contribution >= 0.6 is 34.4 Å². The Morgan fingerprint density at radius 3 is 2.82 bits per heavy atom. The standard InChI is InChI=1S/C12H16N2S3/c1-3-9(13)11(10-5-4-6-15-10)17-12-14-8(2)7-16-12/h4-7,9,11H,3,13H2,1-2H3. The van der Waals surface area contributed by atoms with E-state index in [0.29, 0.717) is 5.25 Å². The van der Waals surface area contributed by atoms with E-state index in [1.54, 1.807) is 34.4 Å². The summed E-state index contributed by atoms with van der Waals surface area (Å²) >= 11 is 5.27. The van der Waals surface area contributed by atoms with Gasteiger partial charge in [0, 0.05) is 22.0 Å². The van der Waals surface area contributed by atoms with Crippen molar-refractivity contribution in [2.75, 3.05) is 0 Å². The molecule has 0 aliphatic rings. The third kappa shape index (κ3) is 3.31. The molecule has 0 spiro atoms. The molecule has 0 aliphatic heterocycles. The van der Waals surface area contributed by atoms with Gasteiger partial charge in [-0.05, 0) is 24.8 Å². The van der Waals surface area contributed by atoms with Crippen LogP contribution in [0.4, 0.5) is 0 Å². The highest BCUT2D eigenvalue weighted by atomic mass is 32.2. The van der Waals surface area contributed by atoms with Gasteiger partial charge in [-0.2, -0.15) is 0 Å². The topological polar surface area (TPSA) is 38.9 Å². The summed E-state index contributed by atoms with van der Waals surface area (Å²) in [4.78, 5) is 5.85. The molecule has 2 heterocycles. The van der Waals surface area contributed by atoms with Gasteiger partial charge in [0.25, 0.3) is 0 Å². The van der Waals surface area contributed by atoms with Gasteiger partial charge in [0.15, 0.2) is 4.34 Å². The first-order chi connectivity index (χ1) is 8.20. The number of aryl methyl sites for hydroxylation is 1. The van der Waals surface area contributed by atoms with Gasteiger partial charge in [0.2, 0.25) is 0 Å². The van der Waals surface area contributed by atoms with Crippen molar-refractivity contribution >= 4 is 34.4 Å². The zero-order valence-corrected chi connectivity index (χ0v) is 12.4. The van der Waals surface area contributed by atoms with Crippen LogP contribution in [-0.4, -0.2) is 11.0 Å². The van der Waals surface area contributed by atoms with E-state index in [-0.39, 0.29) is 6.04 Å². The number of thiophene rings is 1. The van der Waals surface area contributed by atoms with E-state index in [1.807, 2.05) is 6.92 Å². The van der Waals surface area contributed by atoms with Crippen LogP contribution in [0.25, 0.3) is 0 Å². The molecule has 0 saturated carbocycles. The summed E-state index contributed by atoms with van der Waals surface area (Å²) in [5.41, 5.74) is 7.32. The van der Waals surface area contributed by atoms with Crippen LogP contribution in [0.5, 0.6) is 0 Å². The molecule has 17 heavy (non-hydrogen) atoms. The number of aromatic nitrogens is 1. The number of thiazole rings is 1. The van der Waals surface area contributed by atoms with E-state index in [1.165, 1.54) is 4.88 Å². The van der Waals surface area contributed by atoms with Crippen molar-refractivity contribution in [1.29, 1.82) is 0 Å². The smallest absolute Gasteiger partial charge is 0.150 e. The van der Waals surface area contributed by atoms with Crippen molar-refractivity contribution in [2.24, 2.45) is 5.73 Å². The number of thioether (sulfide) groups is 1. The Labute approximate surface area is 114 Å². The first-order valence-corrected chi connectivity index (χ1v) is 8.22. The van der Waals surface area contributed by atoms with Gasteiger partial charge in [-0.3, -0.25) is 0 Å². The number of nitrogens with zero attached hydrogens (tertiary/aromatic N) is 1. The lowest BCUT2D eigenvalue weighted by Gasteiger charge is -2.19. The molecule has 92 valence electrons. The lowest BCUT2D eigenvalue weighted by atomic mass is 10.1. The van der Waals surface area contributed by atoms with Gasteiger partial charge in [-0.25, -0.2) is 4.98 Å². The monoisotopic (exact) mass is 284 g/mol. The molecular formula is C12H16N2S3. The number of nitrogens with two attached hydrogens (primary N) is 1. The average Bonchev–Trinajstić information content (AvgIpc) is 2.96. The van der Waals surface area contributed by atoms with E-state index in [4.69, 9.17) is 5.73 Å². The highest BCUT2D eigenvalue weighted by Crippen LogP contribution is 2.41. The summed E-state index contributed by atoms with van der Waals surface area (Å²) < 4.78 is 1.12. The summed E-state index contributed by atoms with van der Waals surface area (Å²) in [5.74, 6) is 0. The van der Waals surface area contributed by atoms with E-state index in [9.17, 15) is 0 Å². The Hall–Kier alpha value is -0.360. The lowest BCUT2D eigenvalue weighted by Crippen LogP contribution is -2.25. The van der Waals surface area contributed by atoms with Gasteiger partial charge < -0.3 is 5.73 Å². The molecule has 2 atom stereocenters. The number of hydrogen-bond acceptors (Lipinski definition) is 5. The molecule has 0 aliphatic carbocycles. The fraction of sp³-hybridized carbons (Fsp3) is 0.417. The Kier molecular flexibility index (Phi) is 4.62. The Morgan fingerprint density at radius 2 is 2.29 bits per heavy atom. The van der Waals surface area contributed by atoms with E-state index in [0.717, 1.165) is 16.5 Å². The maximum Gasteiger partial charge on any atom is 0.150 e. The SMILES string of the molecule is CCC(N)C(Sc1nc(C)cs1)c1cccs1. The maximum atomic E-state index is 6.23. The fourth-order valence-corrected chi connectivity index (χ4v) is 4.78. The van der Waals surface area contributed by atoms with Gasteiger partial charge in [-0.1, -0.05) is 24.8 Å². The second-order valence-electron chi connectivity index (χ2n) is 3.88. The molecule has 0 bridgehead atoms. The third-order valence-electron chi connectivity index (χ3n) is 2.51. The van der Waals surface area contributed by atoms with Gasteiger partial charge >= 0.3 is 0 Å². The minimum atomic E-state index is 0.183. The summed E-state index contributed by atoms with van der Waals surface area (Å²) in [5, 5.41) is 4.52. The molecule has 2 rings (SSSR count). The molecule has 2 nitrogen and oxygen atoms in total. The molecule has 5 heteroatoms. The molecule has 0 radical (unpaired) electrons. The van der Waals surface area contributed by atoms with Crippen LogP contribution in [0, 0.1) is 6.92 Å². The quantitative estimate of drug-likeness (QED) is 0.841. The third-order valence-corrected chi connectivity index (χ3v) is 6.09. The lowest BCUT2D eigenvalue weighted by molar-refractivity contribution is 0.639. The summed E-state index contributed by atoms with van der Waals surface area (Å²) in [7, 11) is 0. The van der Waals surface area contributed by atoms with Gasteiger partial charge in [-0.15, -0.1) is 22.7 Å². The first-order valence-electron chi connectivity index (χ1n) is 5.58. The van der Waals surface area contributed by atoms with Gasteiger partial charge in [0.1, 0.15) is 0 Å². The second kappa shape index (κ2) is 6.00. The maximum absolute atomic E-state index is 6.23. The second-order valence-corrected chi connectivity index (χ2v) is 7.11. The first kappa shape index (κ1) is 13.1. The van der Waals surface area contributed by atoms with Crippen molar-refractivity contribution in [3.05, 3.63) is 33.5 Å². The summed E-state index contributed by atoms with van der Waals surface area (Å²) in [6.45, 7) is 4.17. The van der Waals surface area contributed by atoms with E-state index >= 15 is 0 Å². The zero-order chi connectivity index (χ0) is 12.3. The predicted molar refractivity (Wildman–Crippen MR) is 78.0 cm³/mol. The minimum Gasteiger partial charge on any atom is -0.326 e. The Morgan fingerprint density at radius 1 is 1.47 bits per heavy atom. The highest BCUT2D eigenvalue weighted by molar-refractivity contribution is 8.01. The molecule has 0 fully saturated rings. The molecule has 2 aromatic rings. The highest BCUT2D eigenvalue weighted by Gasteiger charge is 2.22.